The van der Waals surface area contributed by atoms with E-state index in [2.05, 4.69) is 10.1 Å². The van der Waals surface area contributed by atoms with E-state index >= 15 is 0 Å². The average molecular weight is 352 g/mol. The van der Waals surface area contributed by atoms with Crippen molar-refractivity contribution in [2.45, 2.75) is 0 Å². The number of carbonyl (C=O) groups is 1. The standard InChI is InChI=1S/C19H14ClN3O2/c20-18-16(12-7-13-21-18)23(19(24)25)22-17(14-8-3-1-4-9-14)15-10-5-2-6-11-15/h1-13H,(H,24,25). The van der Waals surface area contributed by atoms with Crippen LogP contribution in [0.25, 0.3) is 0 Å². The number of hydrogen-bond donors (Lipinski definition) is 1. The lowest BCUT2D eigenvalue weighted by atomic mass is 10.0. The molecular weight excluding hydrogens is 338 g/mol. The quantitative estimate of drug-likeness (QED) is 0.422. The number of nitrogens with zero attached hydrogens (tertiary/aromatic N) is 3. The van der Waals surface area contributed by atoms with Crippen molar-refractivity contribution in [1.29, 1.82) is 0 Å². The molecule has 2 aromatic carbocycles. The molecule has 0 aliphatic carbocycles. The van der Waals surface area contributed by atoms with Gasteiger partial charge in [-0.15, -0.1) is 0 Å². The van der Waals surface area contributed by atoms with E-state index in [-0.39, 0.29) is 10.8 Å². The summed E-state index contributed by atoms with van der Waals surface area (Å²) in [4.78, 5) is 15.7. The number of rotatable bonds is 4. The van der Waals surface area contributed by atoms with Crippen LogP contribution in [0.15, 0.2) is 84.1 Å². The molecule has 0 aliphatic rings. The fourth-order valence-electron chi connectivity index (χ4n) is 2.31. The van der Waals surface area contributed by atoms with Gasteiger partial charge < -0.3 is 5.11 Å². The highest BCUT2D eigenvalue weighted by Gasteiger charge is 2.19. The molecule has 1 heterocycles. The molecule has 0 saturated carbocycles. The summed E-state index contributed by atoms with van der Waals surface area (Å²) in [5, 5.41) is 14.9. The summed E-state index contributed by atoms with van der Waals surface area (Å²) < 4.78 is 0. The third-order valence-corrected chi connectivity index (χ3v) is 3.73. The fraction of sp³-hybridized carbons (Fsp3) is 0. The van der Waals surface area contributed by atoms with Gasteiger partial charge in [-0.05, 0) is 12.1 Å². The molecule has 1 amide bonds. The van der Waals surface area contributed by atoms with Crippen LogP contribution in [0.3, 0.4) is 0 Å². The molecule has 6 heteroatoms. The molecule has 3 rings (SSSR count). The highest BCUT2D eigenvalue weighted by atomic mass is 35.5. The lowest BCUT2D eigenvalue weighted by molar-refractivity contribution is 0.202. The van der Waals surface area contributed by atoms with Crippen LogP contribution in [-0.2, 0) is 0 Å². The van der Waals surface area contributed by atoms with E-state index in [0.717, 1.165) is 16.1 Å². The molecule has 124 valence electrons. The first-order chi connectivity index (χ1) is 12.2. The third-order valence-electron chi connectivity index (χ3n) is 3.44. The van der Waals surface area contributed by atoms with E-state index in [4.69, 9.17) is 11.6 Å². The van der Waals surface area contributed by atoms with Crippen molar-refractivity contribution in [1.82, 2.24) is 4.98 Å². The minimum Gasteiger partial charge on any atom is -0.463 e. The van der Waals surface area contributed by atoms with Gasteiger partial charge in [-0.3, -0.25) is 0 Å². The Balaban J connectivity index is 2.17. The SMILES string of the molecule is O=C(O)N(N=C(c1ccccc1)c1ccccc1)c1cccnc1Cl. The van der Waals surface area contributed by atoms with Crippen LogP contribution >= 0.6 is 11.6 Å². The number of amides is 1. The number of aromatic nitrogens is 1. The second-order valence-corrected chi connectivity index (χ2v) is 5.45. The van der Waals surface area contributed by atoms with Crippen LogP contribution in [0, 0.1) is 0 Å². The van der Waals surface area contributed by atoms with E-state index in [1.165, 1.54) is 6.20 Å². The Morgan fingerprint density at radius 1 is 0.920 bits per heavy atom. The maximum Gasteiger partial charge on any atom is 0.432 e. The van der Waals surface area contributed by atoms with E-state index in [9.17, 15) is 9.90 Å². The summed E-state index contributed by atoms with van der Waals surface area (Å²) in [6.45, 7) is 0. The van der Waals surface area contributed by atoms with Crippen LogP contribution in [0.4, 0.5) is 10.5 Å². The van der Waals surface area contributed by atoms with Gasteiger partial charge in [0.1, 0.15) is 5.69 Å². The number of hydrazone groups is 1. The zero-order chi connectivity index (χ0) is 17.6. The van der Waals surface area contributed by atoms with Gasteiger partial charge in [0, 0.05) is 17.3 Å². The Labute approximate surface area is 149 Å². The van der Waals surface area contributed by atoms with Crippen molar-refractivity contribution in [3.8, 4) is 0 Å². The van der Waals surface area contributed by atoms with Gasteiger partial charge in [-0.2, -0.15) is 10.1 Å². The lowest BCUT2D eigenvalue weighted by Gasteiger charge is -2.17. The predicted molar refractivity (Wildman–Crippen MR) is 98.3 cm³/mol. The first-order valence-corrected chi connectivity index (χ1v) is 7.87. The van der Waals surface area contributed by atoms with Crippen molar-refractivity contribution in [3.63, 3.8) is 0 Å². The van der Waals surface area contributed by atoms with Crippen LogP contribution < -0.4 is 5.01 Å². The molecule has 5 nitrogen and oxygen atoms in total. The smallest absolute Gasteiger partial charge is 0.432 e. The largest absolute Gasteiger partial charge is 0.463 e. The number of benzene rings is 2. The van der Waals surface area contributed by atoms with Crippen molar-refractivity contribution in [2.24, 2.45) is 5.10 Å². The average Bonchev–Trinajstić information content (AvgIpc) is 2.65. The Morgan fingerprint density at radius 3 is 1.96 bits per heavy atom. The zero-order valence-corrected chi connectivity index (χ0v) is 13.8. The molecule has 0 radical (unpaired) electrons. The molecule has 25 heavy (non-hydrogen) atoms. The van der Waals surface area contributed by atoms with Crippen LogP contribution in [0.5, 0.6) is 0 Å². The second kappa shape index (κ2) is 7.59. The van der Waals surface area contributed by atoms with E-state index in [1.807, 2.05) is 60.7 Å². The monoisotopic (exact) mass is 351 g/mol. The van der Waals surface area contributed by atoms with Gasteiger partial charge in [0.15, 0.2) is 5.15 Å². The van der Waals surface area contributed by atoms with E-state index in [0.29, 0.717) is 5.71 Å². The third kappa shape index (κ3) is 3.84. The molecule has 3 aromatic rings. The van der Waals surface area contributed by atoms with Crippen molar-refractivity contribution < 1.29 is 9.90 Å². The molecule has 1 aromatic heterocycles. The summed E-state index contributed by atoms with van der Waals surface area (Å²) in [5.74, 6) is 0. The van der Waals surface area contributed by atoms with Gasteiger partial charge in [-0.25, -0.2) is 9.78 Å². The van der Waals surface area contributed by atoms with Crippen molar-refractivity contribution >= 4 is 29.1 Å². The Bertz CT molecular complexity index is 857. The molecular formula is C19H14ClN3O2. The summed E-state index contributed by atoms with van der Waals surface area (Å²) in [7, 11) is 0. The number of halogens is 1. The molecule has 0 bridgehead atoms. The Morgan fingerprint density at radius 2 is 1.48 bits per heavy atom. The van der Waals surface area contributed by atoms with Crippen LogP contribution in [0.2, 0.25) is 5.15 Å². The predicted octanol–water partition coefficient (Wildman–Crippen LogP) is 4.67. The first-order valence-electron chi connectivity index (χ1n) is 7.50. The van der Waals surface area contributed by atoms with Crippen molar-refractivity contribution in [2.75, 3.05) is 5.01 Å². The Kier molecular flexibility index (Phi) is 5.06. The van der Waals surface area contributed by atoms with Gasteiger partial charge in [0.2, 0.25) is 0 Å². The van der Waals surface area contributed by atoms with Crippen molar-refractivity contribution in [3.05, 3.63) is 95.3 Å². The highest BCUT2D eigenvalue weighted by Crippen LogP contribution is 2.24. The molecule has 0 saturated heterocycles. The van der Waals surface area contributed by atoms with Gasteiger partial charge in [0.05, 0.1) is 5.71 Å². The fourth-order valence-corrected chi connectivity index (χ4v) is 2.51. The van der Waals surface area contributed by atoms with Gasteiger partial charge in [-0.1, -0.05) is 72.3 Å². The topological polar surface area (TPSA) is 65.8 Å². The summed E-state index contributed by atoms with van der Waals surface area (Å²) in [6.07, 6.45) is 0.240. The Hall–Kier alpha value is -3.18. The first kappa shape index (κ1) is 16.7. The summed E-state index contributed by atoms with van der Waals surface area (Å²) in [5.41, 5.74) is 2.30. The van der Waals surface area contributed by atoms with Gasteiger partial charge in [0.25, 0.3) is 0 Å². The molecule has 0 atom stereocenters. The number of anilines is 1. The maximum absolute atomic E-state index is 11.8. The van der Waals surface area contributed by atoms with Gasteiger partial charge >= 0.3 is 6.09 Å². The summed E-state index contributed by atoms with van der Waals surface area (Å²) >= 11 is 6.05. The normalized spacial score (nSPS) is 10.1. The summed E-state index contributed by atoms with van der Waals surface area (Å²) in [6, 6.07) is 21.9. The zero-order valence-electron chi connectivity index (χ0n) is 13.1. The lowest BCUT2D eigenvalue weighted by Crippen LogP contribution is -2.26. The number of carboxylic acid groups (broad SMARTS) is 1. The molecule has 0 unspecified atom stereocenters. The number of pyridine rings is 1. The second-order valence-electron chi connectivity index (χ2n) is 5.09. The molecule has 0 fully saturated rings. The maximum atomic E-state index is 11.8. The molecule has 0 spiro atoms. The molecule has 0 aliphatic heterocycles. The molecule has 1 N–H and O–H groups in total. The number of hydrogen-bond acceptors (Lipinski definition) is 3. The van der Waals surface area contributed by atoms with E-state index < -0.39 is 6.09 Å². The highest BCUT2D eigenvalue weighted by molar-refractivity contribution is 6.32. The minimum absolute atomic E-state index is 0.0640. The van der Waals surface area contributed by atoms with Crippen LogP contribution in [0.1, 0.15) is 11.1 Å². The van der Waals surface area contributed by atoms with Crippen LogP contribution in [-0.4, -0.2) is 21.9 Å². The minimum atomic E-state index is -1.25. The van der Waals surface area contributed by atoms with E-state index in [1.54, 1.807) is 12.1 Å².